The van der Waals surface area contributed by atoms with E-state index in [4.69, 9.17) is 4.74 Å². The molecule has 30 heavy (non-hydrogen) atoms. The monoisotopic (exact) mass is 409 g/mol. The second-order valence-corrected chi connectivity index (χ2v) is 7.01. The molecular formula is C21H27N7O2. The fourth-order valence-corrected chi connectivity index (χ4v) is 2.93. The van der Waals surface area contributed by atoms with Crippen LogP contribution < -0.4 is 20.3 Å². The Bertz CT molecular complexity index is 1030. The lowest BCUT2D eigenvalue weighted by Crippen LogP contribution is -2.30. The average molecular weight is 409 g/mol. The van der Waals surface area contributed by atoms with Gasteiger partial charge in [-0.05, 0) is 25.1 Å². The molecule has 0 radical (unpaired) electrons. The Morgan fingerprint density at radius 1 is 1.17 bits per heavy atom. The summed E-state index contributed by atoms with van der Waals surface area (Å²) in [7, 11) is 7.23. The van der Waals surface area contributed by atoms with Crippen LogP contribution in [0.2, 0.25) is 0 Å². The van der Waals surface area contributed by atoms with Gasteiger partial charge in [0.15, 0.2) is 0 Å². The molecule has 0 aliphatic rings. The highest BCUT2D eigenvalue weighted by Crippen LogP contribution is 2.23. The van der Waals surface area contributed by atoms with Crippen LogP contribution in [0.25, 0.3) is 11.3 Å². The Balaban J connectivity index is 1.59. The molecule has 0 spiro atoms. The molecule has 0 saturated carbocycles. The first kappa shape index (κ1) is 21.1. The Morgan fingerprint density at radius 2 is 1.97 bits per heavy atom. The second kappa shape index (κ2) is 9.25. The number of carbonyl (C=O) groups excluding carboxylic acids is 1. The van der Waals surface area contributed by atoms with Gasteiger partial charge in [0.1, 0.15) is 28.9 Å². The first-order chi connectivity index (χ1) is 14.4. The van der Waals surface area contributed by atoms with Crippen molar-refractivity contribution in [1.29, 1.82) is 0 Å². The number of hydrogen-bond acceptors (Lipinski definition) is 7. The number of anilines is 2. The van der Waals surface area contributed by atoms with E-state index in [-0.39, 0.29) is 5.91 Å². The van der Waals surface area contributed by atoms with Crippen molar-refractivity contribution in [3.63, 3.8) is 0 Å². The SMILES string of the molecule is COc1cccc(-c2cc(C(=O)NCCNc3cc(N(C)C)nc(C)n3)n(C)n2)c1. The minimum Gasteiger partial charge on any atom is -0.497 e. The van der Waals surface area contributed by atoms with Crippen molar-refractivity contribution < 1.29 is 9.53 Å². The molecule has 0 bridgehead atoms. The summed E-state index contributed by atoms with van der Waals surface area (Å²) in [6.07, 6.45) is 0. The van der Waals surface area contributed by atoms with Crippen LogP contribution >= 0.6 is 0 Å². The predicted molar refractivity (Wildman–Crippen MR) is 117 cm³/mol. The number of nitrogens with one attached hydrogen (secondary N) is 2. The van der Waals surface area contributed by atoms with E-state index < -0.39 is 0 Å². The van der Waals surface area contributed by atoms with Crippen LogP contribution in [0.5, 0.6) is 5.75 Å². The highest BCUT2D eigenvalue weighted by Gasteiger charge is 2.14. The lowest BCUT2D eigenvalue weighted by molar-refractivity contribution is 0.0946. The van der Waals surface area contributed by atoms with E-state index >= 15 is 0 Å². The molecule has 158 valence electrons. The molecule has 9 heteroatoms. The molecule has 0 aliphatic heterocycles. The molecule has 2 aromatic heterocycles. The van der Waals surface area contributed by atoms with Crippen molar-refractivity contribution >= 4 is 17.5 Å². The van der Waals surface area contributed by atoms with E-state index in [9.17, 15) is 4.79 Å². The molecule has 9 nitrogen and oxygen atoms in total. The molecule has 2 heterocycles. The number of methoxy groups -OCH3 is 1. The van der Waals surface area contributed by atoms with Crippen molar-refractivity contribution in [3.8, 4) is 17.0 Å². The third-order valence-electron chi connectivity index (χ3n) is 4.48. The quantitative estimate of drug-likeness (QED) is 0.550. The Labute approximate surface area is 176 Å². The number of benzene rings is 1. The van der Waals surface area contributed by atoms with Gasteiger partial charge in [0.2, 0.25) is 0 Å². The zero-order chi connectivity index (χ0) is 21.7. The lowest BCUT2D eigenvalue weighted by Gasteiger charge is -2.14. The van der Waals surface area contributed by atoms with Gasteiger partial charge in [0, 0.05) is 45.9 Å². The van der Waals surface area contributed by atoms with E-state index in [1.807, 2.05) is 56.3 Å². The number of nitrogens with zero attached hydrogens (tertiary/aromatic N) is 5. The van der Waals surface area contributed by atoms with Gasteiger partial charge in [-0.2, -0.15) is 5.10 Å². The molecule has 0 fully saturated rings. The number of ether oxygens (including phenoxy) is 1. The zero-order valence-electron chi connectivity index (χ0n) is 17.9. The van der Waals surface area contributed by atoms with E-state index in [0.29, 0.717) is 30.3 Å². The molecule has 0 atom stereocenters. The summed E-state index contributed by atoms with van der Waals surface area (Å²) in [5.41, 5.74) is 2.09. The van der Waals surface area contributed by atoms with Gasteiger partial charge in [-0.3, -0.25) is 9.48 Å². The van der Waals surface area contributed by atoms with Crippen LogP contribution in [-0.2, 0) is 7.05 Å². The van der Waals surface area contributed by atoms with Crippen LogP contribution in [-0.4, -0.2) is 60.0 Å². The van der Waals surface area contributed by atoms with Gasteiger partial charge in [0.25, 0.3) is 5.91 Å². The minimum absolute atomic E-state index is 0.186. The molecule has 0 saturated heterocycles. The van der Waals surface area contributed by atoms with Crippen molar-refractivity contribution in [2.75, 3.05) is 44.5 Å². The van der Waals surface area contributed by atoms with Gasteiger partial charge in [-0.1, -0.05) is 12.1 Å². The average Bonchev–Trinajstić information content (AvgIpc) is 3.12. The highest BCUT2D eigenvalue weighted by molar-refractivity contribution is 5.93. The summed E-state index contributed by atoms with van der Waals surface area (Å²) in [6, 6.07) is 11.2. The number of carbonyl (C=O) groups is 1. The fourth-order valence-electron chi connectivity index (χ4n) is 2.93. The maximum Gasteiger partial charge on any atom is 0.269 e. The molecule has 3 aromatic rings. The van der Waals surface area contributed by atoms with Crippen LogP contribution in [0.1, 0.15) is 16.3 Å². The first-order valence-electron chi connectivity index (χ1n) is 9.61. The number of hydrogen-bond donors (Lipinski definition) is 2. The Kier molecular flexibility index (Phi) is 6.51. The number of rotatable bonds is 8. The third-order valence-corrected chi connectivity index (χ3v) is 4.48. The summed E-state index contributed by atoms with van der Waals surface area (Å²) < 4.78 is 6.84. The lowest BCUT2D eigenvalue weighted by atomic mass is 10.1. The van der Waals surface area contributed by atoms with Gasteiger partial charge < -0.3 is 20.3 Å². The number of aromatic nitrogens is 4. The topological polar surface area (TPSA) is 97.2 Å². The normalized spacial score (nSPS) is 10.6. The van der Waals surface area contributed by atoms with Crippen LogP contribution in [0, 0.1) is 6.92 Å². The Hall–Kier alpha value is -3.62. The highest BCUT2D eigenvalue weighted by atomic mass is 16.5. The van der Waals surface area contributed by atoms with Crippen LogP contribution in [0.15, 0.2) is 36.4 Å². The van der Waals surface area contributed by atoms with Gasteiger partial charge in [0.05, 0.1) is 12.8 Å². The molecule has 0 aliphatic carbocycles. The van der Waals surface area contributed by atoms with Crippen molar-refractivity contribution in [3.05, 3.63) is 47.9 Å². The maximum atomic E-state index is 12.6. The summed E-state index contributed by atoms with van der Waals surface area (Å²) in [4.78, 5) is 23.2. The smallest absolute Gasteiger partial charge is 0.269 e. The van der Waals surface area contributed by atoms with Gasteiger partial charge >= 0.3 is 0 Å². The van der Waals surface area contributed by atoms with E-state index in [1.165, 1.54) is 0 Å². The predicted octanol–water partition coefficient (Wildman–Crippen LogP) is 2.10. The van der Waals surface area contributed by atoms with Crippen molar-refractivity contribution in [1.82, 2.24) is 25.1 Å². The van der Waals surface area contributed by atoms with Crippen molar-refractivity contribution in [2.45, 2.75) is 6.92 Å². The third kappa shape index (κ3) is 5.05. The summed E-state index contributed by atoms with van der Waals surface area (Å²) in [5.74, 6) is 2.80. The molecule has 3 rings (SSSR count). The first-order valence-corrected chi connectivity index (χ1v) is 9.61. The van der Waals surface area contributed by atoms with E-state index in [2.05, 4.69) is 25.7 Å². The maximum absolute atomic E-state index is 12.6. The molecule has 1 amide bonds. The number of aryl methyl sites for hydroxylation is 2. The molecular weight excluding hydrogens is 382 g/mol. The van der Waals surface area contributed by atoms with Crippen LogP contribution in [0.4, 0.5) is 11.6 Å². The van der Waals surface area contributed by atoms with Gasteiger partial charge in [-0.15, -0.1) is 0 Å². The summed E-state index contributed by atoms with van der Waals surface area (Å²) >= 11 is 0. The zero-order valence-corrected chi connectivity index (χ0v) is 17.9. The van der Waals surface area contributed by atoms with E-state index in [1.54, 1.807) is 24.9 Å². The molecule has 0 unspecified atom stereocenters. The molecule has 1 aromatic carbocycles. The summed E-state index contributed by atoms with van der Waals surface area (Å²) in [5, 5.41) is 10.6. The standard InChI is InChI=1S/C21H27N7O2/c1-14-24-19(13-20(25-14)27(2)3)22-9-10-23-21(29)18-12-17(26-28(18)4)15-7-6-8-16(11-15)30-5/h6-8,11-13H,9-10H2,1-5H3,(H,23,29)(H,22,24,25). The van der Waals surface area contributed by atoms with Crippen LogP contribution in [0.3, 0.4) is 0 Å². The van der Waals surface area contributed by atoms with Crippen molar-refractivity contribution in [2.24, 2.45) is 7.05 Å². The second-order valence-electron chi connectivity index (χ2n) is 7.01. The van der Waals surface area contributed by atoms with Gasteiger partial charge in [-0.25, -0.2) is 9.97 Å². The summed E-state index contributed by atoms with van der Waals surface area (Å²) in [6.45, 7) is 2.83. The Morgan fingerprint density at radius 3 is 2.70 bits per heavy atom. The fraction of sp³-hybridized carbons (Fsp3) is 0.333. The van der Waals surface area contributed by atoms with E-state index in [0.717, 1.165) is 22.9 Å². The largest absolute Gasteiger partial charge is 0.497 e. The molecule has 2 N–H and O–H groups in total. The number of amides is 1. The minimum atomic E-state index is -0.186.